The van der Waals surface area contributed by atoms with Gasteiger partial charge >= 0.3 is 0 Å². The van der Waals surface area contributed by atoms with Crippen LogP contribution in [-0.2, 0) is 14.4 Å². The minimum Gasteiger partial charge on any atom is -0.297 e. The van der Waals surface area contributed by atoms with Crippen molar-refractivity contribution < 1.29 is 14.4 Å². The zero-order valence-corrected chi connectivity index (χ0v) is 8.09. The molecule has 13 heavy (non-hydrogen) atoms. The molecule has 72 valence electrons. The van der Waals surface area contributed by atoms with Gasteiger partial charge < -0.3 is 0 Å². The Morgan fingerprint density at radius 1 is 1.31 bits per heavy atom. The molecule has 2 amide bonds. The van der Waals surface area contributed by atoms with Crippen molar-refractivity contribution in [1.82, 2.24) is 4.90 Å². The molecule has 4 heteroatoms. The molecule has 0 aromatic rings. The van der Waals surface area contributed by atoms with E-state index < -0.39 is 5.41 Å². The van der Waals surface area contributed by atoms with E-state index in [9.17, 15) is 14.4 Å². The molecular weight excluding hydrogens is 170 g/mol. The number of imide groups is 1. The fourth-order valence-electron chi connectivity index (χ4n) is 1.17. The fourth-order valence-corrected chi connectivity index (χ4v) is 1.17. The van der Waals surface area contributed by atoms with Gasteiger partial charge in [0.15, 0.2) is 5.78 Å². The molecular formula is C9H13NO3. The van der Waals surface area contributed by atoms with Crippen LogP contribution in [0.3, 0.4) is 0 Å². The van der Waals surface area contributed by atoms with Crippen molar-refractivity contribution in [3.8, 4) is 0 Å². The Balaban J connectivity index is 2.80. The number of carbonyl (C=O) groups is 3. The van der Waals surface area contributed by atoms with Gasteiger partial charge in [-0.15, -0.1) is 0 Å². The molecule has 4 nitrogen and oxygen atoms in total. The standard InChI is InChI=1S/C9H13NO3/c1-9(2,3)8(13)10-5-6(11)4-7(10)12/h4-5H2,1-3H3. The number of ketones is 1. The minimum absolute atomic E-state index is 0.0467. The number of nitrogens with zero attached hydrogens (tertiary/aromatic N) is 1. The highest BCUT2D eigenvalue weighted by Gasteiger charge is 2.37. The first-order valence-corrected chi connectivity index (χ1v) is 4.19. The summed E-state index contributed by atoms with van der Waals surface area (Å²) in [5.74, 6) is -0.823. The fraction of sp³-hybridized carbons (Fsp3) is 0.667. The van der Waals surface area contributed by atoms with E-state index in [0.29, 0.717) is 0 Å². The largest absolute Gasteiger partial charge is 0.297 e. The van der Waals surface area contributed by atoms with Crippen molar-refractivity contribution in [1.29, 1.82) is 0 Å². The molecule has 0 bridgehead atoms. The number of likely N-dealkylation sites (tertiary alicyclic amines) is 1. The third kappa shape index (κ3) is 1.94. The first kappa shape index (κ1) is 9.89. The van der Waals surface area contributed by atoms with Crippen LogP contribution in [0.15, 0.2) is 0 Å². The summed E-state index contributed by atoms with van der Waals surface area (Å²) in [7, 11) is 0. The number of rotatable bonds is 0. The maximum absolute atomic E-state index is 11.6. The molecule has 0 aromatic carbocycles. The Kier molecular flexibility index (Phi) is 2.24. The van der Waals surface area contributed by atoms with E-state index in [0.717, 1.165) is 4.90 Å². The van der Waals surface area contributed by atoms with E-state index in [4.69, 9.17) is 0 Å². The van der Waals surface area contributed by atoms with Gasteiger partial charge in [0.2, 0.25) is 11.8 Å². The summed E-state index contributed by atoms with van der Waals surface area (Å²) < 4.78 is 0. The van der Waals surface area contributed by atoms with Crippen LogP contribution in [0.25, 0.3) is 0 Å². The first-order chi connectivity index (χ1) is 5.82. The molecule has 0 N–H and O–H groups in total. The molecule has 0 radical (unpaired) electrons. The van der Waals surface area contributed by atoms with Crippen molar-refractivity contribution in [2.24, 2.45) is 5.41 Å². The minimum atomic E-state index is -0.597. The van der Waals surface area contributed by atoms with Gasteiger partial charge in [-0.3, -0.25) is 19.3 Å². The molecule has 1 aliphatic rings. The molecule has 1 aliphatic heterocycles. The SMILES string of the molecule is CC(C)(C)C(=O)N1CC(=O)CC1=O. The van der Waals surface area contributed by atoms with Crippen LogP contribution < -0.4 is 0 Å². The quantitative estimate of drug-likeness (QED) is 0.509. The van der Waals surface area contributed by atoms with Crippen LogP contribution >= 0.6 is 0 Å². The van der Waals surface area contributed by atoms with Crippen LogP contribution in [0, 0.1) is 5.41 Å². The lowest BCUT2D eigenvalue weighted by atomic mass is 9.95. The lowest BCUT2D eigenvalue weighted by molar-refractivity contribution is -0.147. The molecule has 0 saturated carbocycles. The normalized spacial score (nSPS) is 18.2. The molecule has 0 aliphatic carbocycles. The molecule has 1 heterocycles. The summed E-state index contributed by atoms with van der Waals surface area (Å²) in [6.07, 6.45) is -0.123. The predicted molar refractivity (Wildman–Crippen MR) is 45.8 cm³/mol. The third-order valence-electron chi connectivity index (χ3n) is 1.87. The van der Waals surface area contributed by atoms with Gasteiger partial charge in [0.1, 0.15) is 0 Å². The average Bonchev–Trinajstić information content (AvgIpc) is 2.26. The second kappa shape index (κ2) is 2.94. The highest BCUT2D eigenvalue weighted by atomic mass is 16.2. The summed E-state index contributed by atoms with van der Waals surface area (Å²) in [5.41, 5.74) is -0.597. The van der Waals surface area contributed by atoms with Gasteiger partial charge in [0.25, 0.3) is 0 Å². The predicted octanol–water partition coefficient (Wildman–Crippen LogP) is 0.360. The van der Waals surface area contributed by atoms with E-state index in [1.165, 1.54) is 0 Å². The van der Waals surface area contributed by atoms with Crippen molar-refractivity contribution in [2.75, 3.05) is 6.54 Å². The van der Waals surface area contributed by atoms with Crippen molar-refractivity contribution >= 4 is 17.6 Å². The van der Waals surface area contributed by atoms with Crippen LogP contribution in [-0.4, -0.2) is 29.0 Å². The maximum atomic E-state index is 11.6. The van der Waals surface area contributed by atoms with Crippen LogP contribution in [0.1, 0.15) is 27.2 Å². The van der Waals surface area contributed by atoms with E-state index >= 15 is 0 Å². The Morgan fingerprint density at radius 2 is 1.85 bits per heavy atom. The van der Waals surface area contributed by atoms with Gasteiger partial charge in [-0.25, -0.2) is 0 Å². The number of hydrogen-bond donors (Lipinski definition) is 0. The molecule has 1 rings (SSSR count). The highest BCUT2D eigenvalue weighted by molar-refractivity contribution is 6.13. The van der Waals surface area contributed by atoms with Crippen LogP contribution in [0.5, 0.6) is 0 Å². The van der Waals surface area contributed by atoms with Gasteiger partial charge in [0.05, 0.1) is 13.0 Å². The van der Waals surface area contributed by atoms with Crippen molar-refractivity contribution in [3.05, 3.63) is 0 Å². The lowest BCUT2D eigenvalue weighted by Gasteiger charge is -2.23. The molecule has 1 fully saturated rings. The first-order valence-electron chi connectivity index (χ1n) is 4.19. The van der Waals surface area contributed by atoms with Gasteiger partial charge in [-0.2, -0.15) is 0 Å². The topological polar surface area (TPSA) is 54.5 Å². The number of Topliss-reactive ketones (excluding diaryl/α,β-unsaturated/α-hetero) is 1. The monoisotopic (exact) mass is 183 g/mol. The summed E-state index contributed by atoms with van der Waals surface area (Å²) in [6, 6.07) is 0. The molecule has 0 atom stereocenters. The second-order valence-corrected chi connectivity index (χ2v) is 4.25. The lowest BCUT2D eigenvalue weighted by Crippen LogP contribution is -2.40. The van der Waals surface area contributed by atoms with Crippen molar-refractivity contribution in [3.63, 3.8) is 0 Å². The van der Waals surface area contributed by atoms with E-state index in [2.05, 4.69) is 0 Å². The third-order valence-corrected chi connectivity index (χ3v) is 1.87. The average molecular weight is 183 g/mol. The Morgan fingerprint density at radius 3 is 2.15 bits per heavy atom. The van der Waals surface area contributed by atoms with Gasteiger partial charge in [-0.1, -0.05) is 20.8 Å². The van der Waals surface area contributed by atoms with E-state index in [1.807, 2.05) is 0 Å². The highest BCUT2D eigenvalue weighted by Crippen LogP contribution is 2.20. The summed E-state index contributed by atoms with van der Waals surface area (Å²) >= 11 is 0. The summed E-state index contributed by atoms with van der Waals surface area (Å²) in [6.45, 7) is 5.14. The number of hydrogen-bond acceptors (Lipinski definition) is 3. The van der Waals surface area contributed by atoms with Crippen molar-refractivity contribution in [2.45, 2.75) is 27.2 Å². The van der Waals surface area contributed by atoms with Crippen LogP contribution in [0.2, 0.25) is 0 Å². The Hall–Kier alpha value is -1.19. The van der Waals surface area contributed by atoms with Gasteiger partial charge in [0, 0.05) is 5.41 Å². The molecule has 1 saturated heterocycles. The summed E-state index contributed by atoms with van der Waals surface area (Å²) in [5, 5.41) is 0. The van der Waals surface area contributed by atoms with Gasteiger partial charge in [-0.05, 0) is 0 Å². The Labute approximate surface area is 76.9 Å². The van der Waals surface area contributed by atoms with E-state index in [1.54, 1.807) is 20.8 Å². The maximum Gasteiger partial charge on any atom is 0.237 e. The molecule has 0 aromatic heterocycles. The van der Waals surface area contributed by atoms with Crippen LogP contribution in [0.4, 0.5) is 0 Å². The van der Waals surface area contributed by atoms with E-state index in [-0.39, 0.29) is 30.6 Å². The Bertz CT molecular complexity index is 275. The second-order valence-electron chi connectivity index (χ2n) is 4.25. The number of amides is 2. The zero-order valence-electron chi connectivity index (χ0n) is 8.09. The number of carbonyl (C=O) groups excluding carboxylic acids is 3. The molecule has 0 spiro atoms. The molecule has 0 unspecified atom stereocenters. The smallest absolute Gasteiger partial charge is 0.237 e. The zero-order chi connectivity index (χ0) is 10.2. The summed E-state index contributed by atoms with van der Waals surface area (Å²) in [4.78, 5) is 34.7.